The van der Waals surface area contributed by atoms with Crippen LogP contribution in [0.3, 0.4) is 0 Å². The van der Waals surface area contributed by atoms with Gasteiger partial charge in [-0.2, -0.15) is 0 Å². The average Bonchev–Trinajstić information content (AvgIpc) is 3.23. The number of ether oxygens (including phenoxy) is 4. The molecule has 0 radical (unpaired) electrons. The van der Waals surface area contributed by atoms with Crippen molar-refractivity contribution in [3.63, 3.8) is 0 Å². The smallest absolute Gasteiger partial charge is 0.302 e. The Morgan fingerprint density at radius 2 is 1.97 bits per heavy atom. The van der Waals surface area contributed by atoms with Gasteiger partial charge in [-0.05, 0) is 37.9 Å². The van der Waals surface area contributed by atoms with E-state index in [4.69, 9.17) is 27.9 Å². The molecule has 2 fully saturated rings. The number of hydrogen-bond acceptors (Lipinski definition) is 12. The van der Waals surface area contributed by atoms with Gasteiger partial charge in [-0.1, -0.05) is 12.5 Å². The Labute approximate surface area is 220 Å². The standard InChI is InChI=1S/C26H36N2O10/c1-13(7-19-25(32)24(31)17(12-35-19)9-20-26(37-20)14(2)15(3)29)8-22-27-11-21(36-22)18-10-23(28-38-18)34-6-5-33-16(4)30/h8,10-11,14-15,17,19-20,24-26,29,31-32H,5-7,9,12H2,1-4H3/b13-8+/t14-,15-,17-,19-,20-,24+,25-,26-/m0/s1. The van der Waals surface area contributed by atoms with Crippen LogP contribution >= 0.6 is 0 Å². The number of hydrogen-bond donors (Lipinski definition) is 3. The second kappa shape index (κ2) is 12.4. The molecule has 0 aliphatic carbocycles. The van der Waals surface area contributed by atoms with Gasteiger partial charge in [-0.25, -0.2) is 4.98 Å². The molecule has 8 atom stereocenters. The Bertz CT molecular complexity index is 1100. The molecule has 4 heterocycles. The Balaban J connectivity index is 1.26. The minimum Gasteiger partial charge on any atom is -0.472 e. The van der Waals surface area contributed by atoms with Crippen LogP contribution in [0.25, 0.3) is 17.6 Å². The molecule has 0 bridgehead atoms. The normalized spacial score (nSPS) is 29.1. The number of aromatic nitrogens is 2. The first-order chi connectivity index (χ1) is 18.1. The van der Waals surface area contributed by atoms with E-state index in [-0.39, 0.29) is 43.1 Å². The molecule has 0 aromatic carbocycles. The van der Waals surface area contributed by atoms with Gasteiger partial charge >= 0.3 is 5.97 Å². The summed E-state index contributed by atoms with van der Waals surface area (Å²) in [5, 5.41) is 35.0. The first-order valence-electron chi connectivity index (χ1n) is 12.8. The van der Waals surface area contributed by atoms with Gasteiger partial charge in [0.05, 0.1) is 49.4 Å². The van der Waals surface area contributed by atoms with Crippen molar-refractivity contribution < 1.29 is 48.0 Å². The summed E-state index contributed by atoms with van der Waals surface area (Å²) in [6, 6.07) is 1.54. The number of aliphatic hydroxyl groups excluding tert-OH is 3. The molecule has 210 valence electrons. The molecule has 2 aliphatic rings. The van der Waals surface area contributed by atoms with E-state index in [0.29, 0.717) is 36.9 Å². The highest BCUT2D eigenvalue weighted by atomic mass is 16.6. The molecular weight excluding hydrogens is 500 g/mol. The van der Waals surface area contributed by atoms with Crippen molar-refractivity contribution in [2.45, 2.75) is 77.2 Å². The molecule has 2 aromatic heterocycles. The summed E-state index contributed by atoms with van der Waals surface area (Å²) in [5.41, 5.74) is 0.844. The zero-order valence-corrected chi connectivity index (χ0v) is 22.0. The maximum atomic E-state index is 10.8. The van der Waals surface area contributed by atoms with Gasteiger partial charge in [0.1, 0.15) is 19.3 Å². The van der Waals surface area contributed by atoms with E-state index in [9.17, 15) is 20.1 Å². The van der Waals surface area contributed by atoms with Crippen LogP contribution in [0.15, 0.2) is 26.8 Å². The van der Waals surface area contributed by atoms with Crippen LogP contribution in [0.1, 0.15) is 46.4 Å². The number of epoxide rings is 1. The van der Waals surface area contributed by atoms with Gasteiger partial charge in [0.15, 0.2) is 5.76 Å². The van der Waals surface area contributed by atoms with Crippen molar-refractivity contribution in [3.05, 3.63) is 23.7 Å². The van der Waals surface area contributed by atoms with Gasteiger partial charge in [0.25, 0.3) is 5.88 Å². The predicted molar refractivity (Wildman–Crippen MR) is 132 cm³/mol. The molecule has 12 nitrogen and oxygen atoms in total. The Morgan fingerprint density at radius 1 is 1.18 bits per heavy atom. The summed E-state index contributed by atoms with van der Waals surface area (Å²) in [5.74, 6) is 0.608. The van der Waals surface area contributed by atoms with Crippen LogP contribution in [0.4, 0.5) is 0 Å². The molecule has 4 rings (SSSR count). The van der Waals surface area contributed by atoms with E-state index in [2.05, 4.69) is 10.1 Å². The maximum absolute atomic E-state index is 10.8. The Morgan fingerprint density at radius 3 is 2.71 bits per heavy atom. The lowest BCUT2D eigenvalue weighted by atomic mass is 9.85. The fraction of sp³-hybridized carbons (Fsp3) is 0.654. The summed E-state index contributed by atoms with van der Waals surface area (Å²) in [6.45, 7) is 7.40. The number of rotatable bonds is 12. The summed E-state index contributed by atoms with van der Waals surface area (Å²) in [7, 11) is 0. The third-order valence-corrected chi connectivity index (χ3v) is 6.96. The van der Waals surface area contributed by atoms with Crippen LogP contribution in [0.5, 0.6) is 5.88 Å². The zero-order chi connectivity index (χ0) is 27.4. The second-order valence-electron chi connectivity index (χ2n) is 10.1. The fourth-order valence-corrected chi connectivity index (χ4v) is 4.54. The Kier molecular flexibility index (Phi) is 9.21. The molecular formula is C26H36N2O10. The highest BCUT2D eigenvalue weighted by molar-refractivity contribution is 5.65. The van der Waals surface area contributed by atoms with Crippen LogP contribution in [0.2, 0.25) is 0 Å². The Hall–Kier alpha value is -2.77. The minimum atomic E-state index is -1.04. The third kappa shape index (κ3) is 7.20. The number of carbonyl (C=O) groups excluding carboxylic acids is 1. The van der Waals surface area contributed by atoms with Gasteiger partial charge < -0.3 is 43.2 Å². The van der Waals surface area contributed by atoms with Gasteiger partial charge in [-0.3, -0.25) is 4.79 Å². The molecule has 38 heavy (non-hydrogen) atoms. The van der Waals surface area contributed by atoms with Crippen molar-refractivity contribution in [3.8, 4) is 17.4 Å². The van der Waals surface area contributed by atoms with E-state index >= 15 is 0 Å². The lowest BCUT2D eigenvalue weighted by Crippen LogP contribution is -2.50. The summed E-state index contributed by atoms with van der Waals surface area (Å²) in [6.07, 6.45) is 1.09. The number of esters is 1. The lowest BCUT2D eigenvalue weighted by Gasteiger charge is -2.38. The predicted octanol–water partition coefficient (Wildman–Crippen LogP) is 1.98. The molecule has 3 N–H and O–H groups in total. The van der Waals surface area contributed by atoms with Gasteiger partial charge in [0, 0.05) is 18.8 Å². The zero-order valence-electron chi connectivity index (χ0n) is 22.0. The molecule has 0 saturated carbocycles. The molecule has 2 saturated heterocycles. The summed E-state index contributed by atoms with van der Waals surface area (Å²) in [4.78, 5) is 15.0. The highest BCUT2D eigenvalue weighted by Gasteiger charge is 2.48. The van der Waals surface area contributed by atoms with E-state index in [1.54, 1.807) is 19.1 Å². The first kappa shape index (κ1) is 28.2. The minimum absolute atomic E-state index is 0.0148. The largest absolute Gasteiger partial charge is 0.472 e. The van der Waals surface area contributed by atoms with Crippen molar-refractivity contribution in [1.29, 1.82) is 0 Å². The highest BCUT2D eigenvalue weighted by Crippen LogP contribution is 2.38. The van der Waals surface area contributed by atoms with Crippen LogP contribution in [-0.4, -0.2) is 87.9 Å². The number of carbonyl (C=O) groups is 1. The van der Waals surface area contributed by atoms with Crippen molar-refractivity contribution in [1.82, 2.24) is 10.1 Å². The van der Waals surface area contributed by atoms with Gasteiger partial charge in [-0.15, -0.1) is 0 Å². The molecule has 0 spiro atoms. The monoisotopic (exact) mass is 536 g/mol. The SMILES string of the molecule is CC(=O)OCCOc1cc(-c2cnc(/C=C(\C)C[C@@H]3OC[C@H](C[C@@H]4O[C@H]4[C@@H](C)[C@H](C)O)[C@@H](O)[C@H]3O)o2)on1. The van der Waals surface area contributed by atoms with E-state index in [1.165, 1.54) is 13.1 Å². The van der Waals surface area contributed by atoms with Crippen LogP contribution in [-0.2, 0) is 19.0 Å². The second-order valence-corrected chi connectivity index (χ2v) is 10.1. The molecule has 0 unspecified atom stereocenters. The van der Waals surface area contributed by atoms with Gasteiger partial charge in [0.2, 0.25) is 11.7 Å². The van der Waals surface area contributed by atoms with Crippen molar-refractivity contribution in [2.75, 3.05) is 19.8 Å². The van der Waals surface area contributed by atoms with E-state index in [0.717, 1.165) is 5.57 Å². The van der Waals surface area contributed by atoms with Crippen LogP contribution < -0.4 is 4.74 Å². The molecule has 12 heteroatoms. The summed E-state index contributed by atoms with van der Waals surface area (Å²) < 4.78 is 32.7. The molecule has 2 aliphatic heterocycles. The van der Waals surface area contributed by atoms with E-state index < -0.39 is 30.4 Å². The quantitative estimate of drug-likeness (QED) is 0.205. The van der Waals surface area contributed by atoms with Crippen molar-refractivity contribution in [2.24, 2.45) is 11.8 Å². The van der Waals surface area contributed by atoms with Crippen LogP contribution in [0, 0.1) is 11.8 Å². The fourth-order valence-electron chi connectivity index (χ4n) is 4.54. The van der Waals surface area contributed by atoms with E-state index in [1.807, 2.05) is 13.8 Å². The first-order valence-corrected chi connectivity index (χ1v) is 12.8. The topological polar surface area (TPSA) is 170 Å². The number of nitrogens with zero attached hydrogens (tertiary/aromatic N) is 2. The average molecular weight is 537 g/mol. The number of oxazole rings is 1. The molecule has 0 amide bonds. The molecule has 2 aromatic rings. The summed E-state index contributed by atoms with van der Waals surface area (Å²) >= 11 is 0. The number of aliphatic hydroxyl groups is 3. The third-order valence-electron chi connectivity index (χ3n) is 6.96. The lowest BCUT2D eigenvalue weighted by molar-refractivity contribution is -0.165. The van der Waals surface area contributed by atoms with Crippen molar-refractivity contribution >= 4 is 12.0 Å². The maximum Gasteiger partial charge on any atom is 0.302 e.